The fourth-order valence-electron chi connectivity index (χ4n) is 4.56. The summed E-state index contributed by atoms with van der Waals surface area (Å²) in [5.41, 5.74) is 5.35. The number of Topliss-reactive ketones (excluding diaryl/α,β-unsaturated/α-hetero) is 2. The first-order chi connectivity index (χ1) is 35.4. The van der Waals surface area contributed by atoms with E-state index in [2.05, 4.69) is 40.0 Å². The Labute approximate surface area is 493 Å². The molecule has 2 aliphatic rings. The van der Waals surface area contributed by atoms with E-state index in [0.717, 1.165) is 10.1 Å². The van der Waals surface area contributed by atoms with Gasteiger partial charge in [0, 0.05) is 81.7 Å². The van der Waals surface area contributed by atoms with E-state index in [1.165, 1.54) is 51.0 Å². The predicted octanol–water partition coefficient (Wildman–Crippen LogP) is 6.02. The second-order valence-corrected chi connectivity index (χ2v) is 23.1. The normalized spacial score (nSPS) is 13.8. The summed E-state index contributed by atoms with van der Waals surface area (Å²) in [5.74, 6) is -1.19. The lowest BCUT2D eigenvalue weighted by Gasteiger charge is -2.29. The van der Waals surface area contributed by atoms with Gasteiger partial charge in [-0.2, -0.15) is 0 Å². The summed E-state index contributed by atoms with van der Waals surface area (Å²) < 4.78 is 29.8. The van der Waals surface area contributed by atoms with Gasteiger partial charge in [0.05, 0.1) is 71.4 Å². The molecule has 0 atom stereocenters. The minimum atomic E-state index is -4.66. The number of nitrogens with one attached hydrogen (secondary N) is 2. The van der Waals surface area contributed by atoms with Gasteiger partial charge >= 0.3 is 15.6 Å². The van der Waals surface area contributed by atoms with Crippen molar-refractivity contribution >= 4 is 51.2 Å². The number of pyridine rings is 2. The molecule has 2 aromatic heterocycles. The monoisotopic (exact) mass is 1250 g/mol. The number of aliphatic imine (C=N–C) groups is 2. The minimum absolute atomic E-state index is 0. The number of ketones is 2. The van der Waals surface area contributed by atoms with Crippen molar-refractivity contribution in [2.24, 2.45) is 9.98 Å². The van der Waals surface area contributed by atoms with E-state index in [1.54, 1.807) is 55.4 Å². The van der Waals surface area contributed by atoms with E-state index in [1.807, 2.05) is 41.5 Å². The molecular weight excluding hydrogens is 1150 g/mol. The molecule has 0 amide bonds. The van der Waals surface area contributed by atoms with Gasteiger partial charge < -0.3 is 61.4 Å². The minimum Gasteiger partial charge on any atom is -0.505 e. The van der Waals surface area contributed by atoms with Crippen molar-refractivity contribution in [2.45, 2.75) is 176 Å². The standard InChI is InChI=1S/C12H19N2O6P.C12H18N2O3.C8H10NO6P.C8H9NO3.2C4H11NO.4CH4.2H2O/c1-8-11(15)10(6-14(16)12(2,3)4)9(5-13-8)7-20-21(17,18)19;1-8-11(16)10(9(7-15)5-13-8)6-14(17)12(2,3)4;1-5-8(11)7(3-10)6(2-9-5)4-15-16(12,13)14;1-5-8(12)7(4-11)6(3-10)2-9-5;2*1-4(2,3)5-6;;;;;;/h5-6,16H,7H2,1-4H3,(H2,17,18,19);5-6,15,17H,7H2,1-4H3;2-3,11H,4H2,1H3,(H2,12,13,14);2,4,10,12H,3H2,1H3;2*5-6H,1-3H3;4*1H4;2*1H2. The number of carbonyl (C=O) groups excluding carboxylic acids is 4. The van der Waals surface area contributed by atoms with E-state index < -0.39 is 45.7 Å². The van der Waals surface area contributed by atoms with Crippen molar-refractivity contribution < 1.29 is 109 Å². The van der Waals surface area contributed by atoms with Crippen LogP contribution >= 0.6 is 15.6 Å². The molecule has 84 heavy (non-hydrogen) atoms. The van der Waals surface area contributed by atoms with Crippen molar-refractivity contribution in [2.75, 3.05) is 13.2 Å². The topological polar surface area (TPSA) is 508 Å². The van der Waals surface area contributed by atoms with E-state index >= 15 is 0 Å². The predicted molar refractivity (Wildman–Crippen MR) is 319 cm³/mol. The number of hydroxylamine groups is 6. The highest BCUT2D eigenvalue weighted by molar-refractivity contribution is 7.46. The highest BCUT2D eigenvalue weighted by Gasteiger charge is 2.28. The molecule has 2 aromatic rings. The summed E-state index contributed by atoms with van der Waals surface area (Å²) in [5, 5.41) is 74.5. The Hall–Kier alpha value is -5.70. The molecule has 488 valence electrons. The van der Waals surface area contributed by atoms with E-state index in [4.69, 9.17) is 40.2 Å². The van der Waals surface area contributed by atoms with Crippen LogP contribution in [0.3, 0.4) is 0 Å². The number of hydrogen-bond acceptors (Lipinski definition) is 24. The molecule has 4 heterocycles. The highest BCUT2D eigenvalue weighted by Crippen LogP contribution is 2.38. The summed E-state index contributed by atoms with van der Waals surface area (Å²) in [6.07, 6.45) is 8.75. The van der Waals surface area contributed by atoms with Gasteiger partial charge in [-0.05, 0) is 111 Å². The number of aliphatic hydroxyl groups is 2. The lowest BCUT2D eigenvalue weighted by Crippen LogP contribution is -2.35. The molecule has 0 saturated carbocycles. The molecular formula is C52H98N8O22P2. The number of nitrogens with zero attached hydrogens (tertiary/aromatic N) is 6. The number of phosphoric acid groups is 2. The molecule has 0 aromatic carbocycles. The third-order valence-electron chi connectivity index (χ3n) is 9.28. The van der Waals surface area contributed by atoms with Crippen LogP contribution < -0.4 is 11.0 Å². The van der Waals surface area contributed by atoms with E-state index in [9.17, 15) is 48.9 Å². The first kappa shape index (κ1) is 94.7. The summed E-state index contributed by atoms with van der Waals surface area (Å²) in [4.78, 5) is 94.8. The second kappa shape index (κ2) is 41.4. The molecule has 18 N–H and O–H groups in total. The number of aromatic nitrogens is 2. The molecule has 0 bridgehead atoms. The number of aromatic hydroxyl groups is 2. The molecule has 32 heteroatoms. The Balaban J connectivity index is -0.000000142. The number of aryl methyl sites for hydroxylation is 2. The van der Waals surface area contributed by atoms with Gasteiger partial charge in [-0.25, -0.2) is 20.1 Å². The number of rotatable bonds is 12. The third kappa shape index (κ3) is 36.9. The molecule has 2 aliphatic heterocycles. The summed E-state index contributed by atoms with van der Waals surface area (Å²) in [7, 11) is -9.28. The Morgan fingerprint density at radius 3 is 1.14 bits per heavy atom. The molecule has 0 radical (unpaired) electrons. The number of carbonyl (C=O) groups is 4. The maximum atomic E-state index is 12.1. The zero-order valence-corrected chi connectivity index (χ0v) is 49.4. The SMILES string of the molecule is C.C.C.C.CC(C)(C)NO.CC(C)(C)NO.CC1=NC=C(CO)C(=CN(O)C(C)(C)C)C1=O.CC1=NC=C(COP(=O)(O)O)C(=CN(O)C(C)(C)C)C1=O.Cc1ncc(CO)c(C=O)c1O.Cc1ncc(COP(=O)(O)O)c(C=O)c1O.O.O. The van der Waals surface area contributed by atoms with E-state index in [0.29, 0.717) is 35.1 Å². The van der Waals surface area contributed by atoms with Crippen LogP contribution in [0.2, 0.25) is 0 Å². The lowest BCUT2D eigenvalue weighted by molar-refractivity contribution is -0.116. The second-order valence-electron chi connectivity index (χ2n) is 20.6. The Morgan fingerprint density at radius 1 is 0.560 bits per heavy atom. The summed E-state index contributed by atoms with van der Waals surface area (Å²) in [6, 6.07) is 0. The van der Waals surface area contributed by atoms with Crippen molar-refractivity contribution in [3.63, 3.8) is 0 Å². The molecule has 0 saturated heterocycles. The molecule has 0 spiro atoms. The van der Waals surface area contributed by atoms with Crippen molar-refractivity contribution in [3.05, 3.63) is 93.1 Å². The van der Waals surface area contributed by atoms with Crippen LogP contribution in [-0.4, -0.2) is 163 Å². The molecule has 0 fully saturated rings. The zero-order valence-electron chi connectivity index (χ0n) is 47.7. The van der Waals surface area contributed by atoms with Gasteiger partial charge in [-0.1, -0.05) is 29.7 Å². The zero-order chi connectivity index (χ0) is 61.5. The van der Waals surface area contributed by atoms with E-state index in [-0.39, 0.29) is 127 Å². The van der Waals surface area contributed by atoms with Crippen LogP contribution in [0.5, 0.6) is 11.5 Å². The van der Waals surface area contributed by atoms with Gasteiger partial charge in [0.2, 0.25) is 11.6 Å². The number of aldehydes is 2. The van der Waals surface area contributed by atoms with Crippen molar-refractivity contribution in [1.29, 1.82) is 0 Å². The summed E-state index contributed by atoms with van der Waals surface area (Å²) >= 11 is 0. The van der Waals surface area contributed by atoms with Crippen LogP contribution in [0, 0.1) is 13.8 Å². The molecule has 4 rings (SSSR count). The fraction of sp³-hybridized carbons (Fsp3) is 0.538. The molecule has 30 nitrogen and oxygen atoms in total. The fourth-order valence-corrected chi connectivity index (χ4v) is 5.17. The maximum absolute atomic E-state index is 12.1. The average molecular weight is 1250 g/mol. The Kier molecular flexibility index (Phi) is 46.6. The molecule has 0 unspecified atom stereocenters. The Morgan fingerprint density at radius 2 is 0.857 bits per heavy atom. The van der Waals surface area contributed by atoms with Gasteiger partial charge in [0.15, 0.2) is 12.6 Å². The van der Waals surface area contributed by atoms with Crippen molar-refractivity contribution in [3.8, 4) is 11.5 Å². The Bertz CT molecular complexity index is 2640. The third-order valence-corrected chi connectivity index (χ3v) is 10.2. The van der Waals surface area contributed by atoms with Crippen LogP contribution in [0.25, 0.3) is 0 Å². The summed E-state index contributed by atoms with van der Waals surface area (Å²) in [6.45, 7) is 26.5. The van der Waals surface area contributed by atoms with Crippen LogP contribution in [0.4, 0.5) is 0 Å². The van der Waals surface area contributed by atoms with Gasteiger partial charge in [0.1, 0.15) is 11.5 Å². The lowest BCUT2D eigenvalue weighted by atomic mass is 9.98. The first-order valence-electron chi connectivity index (χ1n) is 23.0. The van der Waals surface area contributed by atoms with Crippen molar-refractivity contribution in [1.82, 2.24) is 31.1 Å². The van der Waals surface area contributed by atoms with Gasteiger partial charge in [0.25, 0.3) is 0 Å². The van der Waals surface area contributed by atoms with Gasteiger partial charge in [-0.3, -0.25) is 68.7 Å². The van der Waals surface area contributed by atoms with Crippen LogP contribution in [0.1, 0.15) is 170 Å². The largest absolute Gasteiger partial charge is 0.505 e. The smallest absolute Gasteiger partial charge is 0.469 e. The first-order valence-corrected chi connectivity index (χ1v) is 26.1. The number of aliphatic hydroxyl groups excluding tert-OH is 2. The average Bonchev–Trinajstić information content (AvgIpc) is 3.32. The number of phosphoric ester groups is 2. The number of hydrogen-bond donors (Lipinski definition) is 14. The van der Waals surface area contributed by atoms with Crippen LogP contribution in [-0.2, 0) is 41.0 Å². The highest BCUT2D eigenvalue weighted by atomic mass is 31.2. The van der Waals surface area contributed by atoms with Crippen LogP contribution in [0.15, 0.2) is 69.5 Å². The van der Waals surface area contributed by atoms with Gasteiger partial charge in [-0.15, -0.1) is 0 Å². The molecule has 0 aliphatic carbocycles. The quantitative estimate of drug-likeness (QED) is 0.0500. The maximum Gasteiger partial charge on any atom is 0.469 e.